The molecule has 7 nitrogen and oxygen atoms in total. The number of nitrogens with zero attached hydrogens (tertiary/aromatic N) is 1. The number of hydrogen-bond donors (Lipinski definition) is 2. The highest BCUT2D eigenvalue weighted by Gasteiger charge is 2.43. The Morgan fingerprint density at radius 3 is 2.62 bits per heavy atom. The topological polar surface area (TPSA) is 88.1 Å². The van der Waals surface area contributed by atoms with Crippen molar-refractivity contribution in [1.29, 1.82) is 0 Å². The molecule has 0 saturated carbocycles. The third-order valence-electron chi connectivity index (χ3n) is 4.02. The Kier molecular flexibility index (Phi) is 6.16. The van der Waals surface area contributed by atoms with Gasteiger partial charge in [-0.2, -0.15) is 0 Å². The number of aliphatic hydroxyl groups excluding tert-OH is 1. The molecule has 0 spiro atoms. The van der Waals surface area contributed by atoms with E-state index >= 15 is 0 Å². The van der Waals surface area contributed by atoms with E-state index in [-0.39, 0.29) is 11.8 Å². The zero-order valence-corrected chi connectivity index (χ0v) is 14.2. The van der Waals surface area contributed by atoms with Crippen LogP contribution in [0.5, 0.6) is 5.75 Å². The van der Waals surface area contributed by atoms with Crippen LogP contribution in [0.1, 0.15) is 25.8 Å². The largest absolute Gasteiger partial charge is 0.496 e. The van der Waals surface area contributed by atoms with Crippen LogP contribution in [0.2, 0.25) is 0 Å². The van der Waals surface area contributed by atoms with Gasteiger partial charge in [-0.3, -0.25) is 4.79 Å². The number of carbonyl (C=O) groups is 2. The molecular weight excluding hydrogens is 312 g/mol. The van der Waals surface area contributed by atoms with Crippen LogP contribution in [0.25, 0.3) is 0 Å². The number of para-hydroxylation sites is 1. The lowest BCUT2D eigenvalue weighted by Crippen LogP contribution is -2.45. The minimum absolute atomic E-state index is 0.125. The Bertz CT molecular complexity index is 590. The Morgan fingerprint density at radius 2 is 2.00 bits per heavy atom. The van der Waals surface area contributed by atoms with Crippen molar-refractivity contribution in [2.45, 2.75) is 39.0 Å². The van der Waals surface area contributed by atoms with E-state index in [1.165, 1.54) is 0 Å². The van der Waals surface area contributed by atoms with Crippen molar-refractivity contribution < 1.29 is 24.2 Å². The van der Waals surface area contributed by atoms with Gasteiger partial charge in [0.1, 0.15) is 24.8 Å². The first-order valence-electron chi connectivity index (χ1n) is 7.97. The summed E-state index contributed by atoms with van der Waals surface area (Å²) in [4.78, 5) is 25.8. The molecule has 0 bridgehead atoms. The average Bonchev–Trinajstić information content (AvgIpc) is 2.84. The average molecular weight is 336 g/mol. The van der Waals surface area contributed by atoms with Crippen LogP contribution in [0.4, 0.5) is 4.79 Å². The van der Waals surface area contributed by atoms with Gasteiger partial charge >= 0.3 is 6.03 Å². The van der Waals surface area contributed by atoms with E-state index < -0.39 is 25.1 Å². The van der Waals surface area contributed by atoms with Gasteiger partial charge in [-0.05, 0) is 30.4 Å². The first-order valence-corrected chi connectivity index (χ1v) is 7.97. The van der Waals surface area contributed by atoms with Crippen LogP contribution in [0.3, 0.4) is 0 Å². The van der Waals surface area contributed by atoms with Crippen molar-refractivity contribution in [2.24, 2.45) is 5.92 Å². The Hall–Kier alpha value is -2.12. The molecule has 1 aromatic carbocycles. The normalized spacial score (nSPS) is 18.9. The van der Waals surface area contributed by atoms with Gasteiger partial charge < -0.3 is 19.9 Å². The lowest BCUT2D eigenvalue weighted by Gasteiger charge is -2.27. The molecule has 2 rings (SSSR count). The first kappa shape index (κ1) is 18.2. The Morgan fingerprint density at radius 1 is 1.29 bits per heavy atom. The highest BCUT2D eigenvalue weighted by molar-refractivity contribution is 6.04. The first-order chi connectivity index (χ1) is 11.5. The van der Waals surface area contributed by atoms with E-state index in [9.17, 15) is 9.59 Å². The van der Waals surface area contributed by atoms with Crippen molar-refractivity contribution in [3.05, 3.63) is 29.8 Å². The molecule has 1 aromatic rings. The van der Waals surface area contributed by atoms with Crippen LogP contribution in [0.15, 0.2) is 24.3 Å². The maximum absolute atomic E-state index is 12.6. The Balaban J connectivity index is 2.05. The second-order valence-corrected chi connectivity index (χ2v) is 5.99. The molecule has 1 saturated heterocycles. The standard InChI is InChI=1S/C17H24N2O5/c1-11(2)16(24-10-20)19-15(21)13(18-17(19)22)9-8-12-6-4-5-7-14(12)23-3/h4-7,11,13,16,20H,8-10H2,1-3H3,(H,18,22)/t13-,16-/m0/s1. The summed E-state index contributed by atoms with van der Waals surface area (Å²) in [5.41, 5.74) is 0.979. The molecule has 7 heteroatoms. The number of carbonyl (C=O) groups excluding carboxylic acids is 2. The number of methoxy groups -OCH3 is 1. The summed E-state index contributed by atoms with van der Waals surface area (Å²) < 4.78 is 10.5. The molecule has 1 heterocycles. The number of ether oxygens (including phenoxy) is 2. The van der Waals surface area contributed by atoms with Crippen molar-refractivity contribution >= 4 is 11.9 Å². The number of amides is 3. The van der Waals surface area contributed by atoms with Gasteiger partial charge in [-0.1, -0.05) is 32.0 Å². The van der Waals surface area contributed by atoms with Crippen molar-refractivity contribution in [1.82, 2.24) is 10.2 Å². The molecule has 0 aromatic heterocycles. The van der Waals surface area contributed by atoms with Crippen molar-refractivity contribution in [3.63, 3.8) is 0 Å². The number of imide groups is 1. The van der Waals surface area contributed by atoms with E-state index in [2.05, 4.69) is 5.32 Å². The predicted molar refractivity (Wildman–Crippen MR) is 87.3 cm³/mol. The van der Waals surface area contributed by atoms with Gasteiger partial charge in [0.05, 0.1) is 7.11 Å². The van der Waals surface area contributed by atoms with Gasteiger partial charge in [0.25, 0.3) is 5.91 Å². The molecule has 3 amide bonds. The monoisotopic (exact) mass is 336 g/mol. The summed E-state index contributed by atoms with van der Waals surface area (Å²) >= 11 is 0. The van der Waals surface area contributed by atoms with Gasteiger partial charge in [-0.15, -0.1) is 0 Å². The molecule has 1 fully saturated rings. The maximum Gasteiger partial charge on any atom is 0.326 e. The fourth-order valence-corrected chi connectivity index (χ4v) is 2.84. The maximum atomic E-state index is 12.6. The zero-order chi connectivity index (χ0) is 17.7. The molecule has 132 valence electrons. The number of urea groups is 1. The van der Waals surface area contributed by atoms with Crippen LogP contribution in [-0.2, 0) is 16.0 Å². The van der Waals surface area contributed by atoms with E-state index in [4.69, 9.17) is 14.6 Å². The predicted octanol–water partition coefficient (Wildman–Crippen LogP) is 1.50. The van der Waals surface area contributed by atoms with Crippen molar-refractivity contribution in [2.75, 3.05) is 13.9 Å². The zero-order valence-electron chi connectivity index (χ0n) is 14.2. The summed E-state index contributed by atoms with van der Waals surface area (Å²) in [6.07, 6.45) is 0.284. The van der Waals surface area contributed by atoms with Crippen LogP contribution >= 0.6 is 0 Å². The van der Waals surface area contributed by atoms with Crippen molar-refractivity contribution in [3.8, 4) is 5.75 Å². The van der Waals surface area contributed by atoms with Gasteiger partial charge in [0, 0.05) is 0 Å². The minimum atomic E-state index is -0.779. The fraction of sp³-hybridized carbons (Fsp3) is 0.529. The number of aryl methyl sites for hydroxylation is 1. The second-order valence-electron chi connectivity index (χ2n) is 5.99. The highest BCUT2D eigenvalue weighted by Crippen LogP contribution is 2.23. The van der Waals surface area contributed by atoms with E-state index in [1.807, 2.05) is 38.1 Å². The highest BCUT2D eigenvalue weighted by atomic mass is 16.6. The lowest BCUT2D eigenvalue weighted by molar-refractivity contribution is -0.152. The lowest BCUT2D eigenvalue weighted by atomic mass is 10.0. The summed E-state index contributed by atoms with van der Waals surface area (Å²) in [6.45, 7) is 3.10. The molecule has 0 unspecified atom stereocenters. The molecule has 2 atom stereocenters. The molecule has 1 aliphatic rings. The molecular formula is C17H24N2O5. The summed E-state index contributed by atoms with van der Waals surface area (Å²) in [6, 6.07) is 6.49. The van der Waals surface area contributed by atoms with E-state index in [0.29, 0.717) is 12.8 Å². The number of benzene rings is 1. The third kappa shape index (κ3) is 3.85. The second kappa shape index (κ2) is 8.12. The van der Waals surface area contributed by atoms with E-state index in [1.54, 1.807) is 7.11 Å². The van der Waals surface area contributed by atoms with Crippen LogP contribution < -0.4 is 10.1 Å². The van der Waals surface area contributed by atoms with E-state index in [0.717, 1.165) is 16.2 Å². The number of aliphatic hydroxyl groups is 1. The third-order valence-corrected chi connectivity index (χ3v) is 4.02. The van der Waals surface area contributed by atoms with Crippen LogP contribution in [0, 0.1) is 5.92 Å². The number of rotatable bonds is 8. The van der Waals surface area contributed by atoms with Crippen LogP contribution in [-0.4, -0.2) is 48.1 Å². The SMILES string of the molecule is COc1ccccc1CC[C@@H]1NC(=O)N([C@@H](OCO)C(C)C)C1=O. The Labute approximate surface area is 141 Å². The molecule has 24 heavy (non-hydrogen) atoms. The summed E-state index contributed by atoms with van der Waals surface area (Å²) in [5, 5.41) is 11.7. The quantitative estimate of drug-likeness (QED) is 0.555. The number of nitrogens with one attached hydrogen (secondary N) is 1. The molecule has 0 aliphatic carbocycles. The molecule has 1 aliphatic heterocycles. The van der Waals surface area contributed by atoms with Gasteiger partial charge in [-0.25, -0.2) is 9.69 Å². The van der Waals surface area contributed by atoms with Gasteiger partial charge in [0.2, 0.25) is 0 Å². The summed E-state index contributed by atoms with van der Waals surface area (Å²) in [7, 11) is 1.60. The smallest absolute Gasteiger partial charge is 0.326 e. The summed E-state index contributed by atoms with van der Waals surface area (Å²) in [5.74, 6) is 0.302. The number of hydrogen-bond acceptors (Lipinski definition) is 5. The van der Waals surface area contributed by atoms with Gasteiger partial charge in [0.15, 0.2) is 0 Å². The molecule has 2 N–H and O–H groups in total. The fourth-order valence-electron chi connectivity index (χ4n) is 2.84. The molecule has 0 radical (unpaired) electrons. The minimum Gasteiger partial charge on any atom is -0.496 e.